The molecule has 0 bridgehead atoms. The first-order valence-corrected chi connectivity index (χ1v) is 7.91. The van der Waals surface area contributed by atoms with Gasteiger partial charge in [0.1, 0.15) is 5.78 Å². The number of nitrogens with zero attached hydrogens (tertiary/aromatic N) is 1. The van der Waals surface area contributed by atoms with E-state index in [0.29, 0.717) is 6.42 Å². The summed E-state index contributed by atoms with van der Waals surface area (Å²) in [5, 5.41) is 0. The lowest BCUT2D eigenvalue weighted by Crippen LogP contribution is -2.49. The molecule has 1 heterocycles. The largest absolute Gasteiger partial charge is 0.330 e. The van der Waals surface area contributed by atoms with Crippen LogP contribution in [0.3, 0.4) is 0 Å². The zero-order chi connectivity index (χ0) is 16.4. The molecule has 3 rings (SSSR count). The van der Waals surface area contributed by atoms with Gasteiger partial charge in [-0.15, -0.1) is 0 Å². The lowest BCUT2D eigenvalue weighted by Gasteiger charge is -2.48. The average molecular weight is 307 g/mol. The van der Waals surface area contributed by atoms with Crippen molar-refractivity contribution in [1.29, 1.82) is 0 Å². The predicted molar refractivity (Wildman–Crippen MR) is 89.7 cm³/mol. The first kappa shape index (κ1) is 15.5. The monoisotopic (exact) mass is 307 g/mol. The average Bonchev–Trinajstić information content (AvgIpc) is 2.58. The van der Waals surface area contributed by atoms with E-state index >= 15 is 0 Å². The third kappa shape index (κ3) is 2.67. The maximum atomic E-state index is 12.8. The second-order valence-corrected chi connectivity index (χ2v) is 6.64. The minimum Gasteiger partial charge on any atom is -0.330 e. The molecule has 0 radical (unpaired) electrons. The van der Waals surface area contributed by atoms with Gasteiger partial charge in [0.25, 0.3) is 0 Å². The van der Waals surface area contributed by atoms with Crippen LogP contribution in [0.15, 0.2) is 60.7 Å². The van der Waals surface area contributed by atoms with E-state index in [-0.39, 0.29) is 17.9 Å². The standard InChI is InChI=1S/C20H21NO2/c1-20(2)18(23)13-17(15-9-5-3-6-10-15)21(14-22)19(20)16-11-7-4-8-12-16/h3-12,14,17,19H,13H2,1-2H3/t17-,19-/m0/s1. The molecular formula is C20H21NO2. The summed E-state index contributed by atoms with van der Waals surface area (Å²) in [6.07, 6.45) is 1.25. The normalized spacial score (nSPS) is 23.6. The van der Waals surface area contributed by atoms with Gasteiger partial charge in [0, 0.05) is 11.8 Å². The zero-order valence-corrected chi connectivity index (χ0v) is 13.5. The van der Waals surface area contributed by atoms with Gasteiger partial charge in [-0.25, -0.2) is 0 Å². The van der Waals surface area contributed by atoms with Gasteiger partial charge in [-0.1, -0.05) is 74.5 Å². The topological polar surface area (TPSA) is 37.4 Å². The second-order valence-electron chi connectivity index (χ2n) is 6.64. The van der Waals surface area contributed by atoms with Gasteiger partial charge >= 0.3 is 0 Å². The highest BCUT2D eigenvalue weighted by Crippen LogP contribution is 2.48. The molecule has 0 spiro atoms. The number of hydrogen-bond donors (Lipinski definition) is 0. The number of carbonyl (C=O) groups is 2. The number of rotatable bonds is 3. The van der Waals surface area contributed by atoms with Gasteiger partial charge in [-0.2, -0.15) is 0 Å². The van der Waals surface area contributed by atoms with Crippen molar-refractivity contribution in [3.63, 3.8) is 0 Å². The first-order chi connectivity index (χ1) is 11.1. The van der Waals surface area contributed by atoms with Crippen molar-refractivity contribution in [1.82, 2.24) is 4.90 Å². The van der Waals surface area contributed by atoms with Crippen LogP contribution in [0.1, 0.15) is 43.5 Å². The molecule has 3 nitrogen and oxygen atoms in total. The van der Waals surface area contributed by atoms with E-state index in [1.165, 1.54) is 0 Å². The van der Waals surface area contributed by atoms with Crippen LogP contribution in [0.2, 0.25) is 0 Å². The third-order valence-corrected chi connectivity index (χ3v) is 4.86. The molecule has 1 amide bonds. The van der Waals surface area contributed by atoms with E-state index in [9.17, 15) is 9.59 Å². The number of ketones is 1. The molecule has 118 valence electrons. The van der Waals surface area contributed by atoms with E-state index in [0.717, 1.165) is 17.5 Å². The van der Waals surface area contributed by atoms with Crippen molar-refractivity contribution < 1.29 is 9.59 Å². The number of benzene rings is 2. The molecule has 1 saturated heterocycles. The lowest BCUT2D eigenvalue weighted by molar-refractivity contribution is -0.146. The summed E-state index contributed by atoms with van der Waals surface area (Å²) in [5.41, 5.74) is 1.40. The van der Waals surface area contributed by atoms with Crippen LogP contribution in [-0.2, 0) is 9.59 Å². The Hall–Kier alpha value is -2.42. The number of amides is 1. The van der Waals surface area contributed by atoms with Gasteiger partial charge in [0.2, 0.25) is 6.41 Å². The van der Waals surface area contributed by atoms with Gasteiger partial charge in [-0.05, 0) is 11.1 Å². The quantitative estimate of drug-likeness (QED) is 0.806. The van der Waals surface area contributed by atoms with Crippen LogP contribution >= 0.6 is 0 Å². The predicted octanol–water partition coefficient (Wildman–Crippen LogP) is 3.93. The molecule has 1 aliphatic heterocycles. The molecule has 1 aliphatic rings. The highest BCUT2D eigenvalue weighted by Gasteiger charge is 2.48. The Bertz CT molecular complexity index is 694. The molecule has 1 fully saturated rings. The zero-order valence-electron chi connectivity index (χ0n) is 13.5. The summed E-state index contributed by atoms with van der Waals surface area (Å²) in [4.78, 5) is 26.6. The van der Waals surface area contributed by atoms with E-state index in [1.807, 2.05) is 79.4 Å². The Balaban J connectivity index is 2.10. The Morgan fingerprint density at radius 1 is 0.957 bits per heavy atom. The van der Waals surface area contributed by atoms with Gasteiger partial charge in [0.05, 0.1) is 12.1 Å². The third-order valence-electron chi connectivity index (χ3n) is 4.86. The van der Waals surface area contributed by atoms with Crippen molar-refractivity contribution in [2.45, 2.75) is 32.4 Å². The number of hydrogen-bond acceptors (Lipinski definition) is 2. The molecule has 23 heavy (non-hydrogen) atoms. The van der Waals surface area contributed by atoms with Crippen LogP contribution in [-0.4, -0.2) is 17.1 Å². The summed E-state index contributed by atoms with van der Waals surface area (Å²) in [6.45, 7) is 3.87. The smallest absolute Gasteiger partial charge is 0.210 e. The minimum absolute atomic E-state index is 0.193. The summed E-state index contributed by atoms with van der Waals surface area (Å²) in [6, 6.07) is 19.2. The molecule has 0 unspecified atom stereocenters. The Kier molecular flexibility index (Phi) is 4.03. The fourth-order valence-electron chi connectivity index (χ4n) is 3.57. The highest BCUT2D eigenvalue weighted by atomic mass is 16.1. The van der Waals surface area contributed by atoms with Crippen molar-refractivity contribution in [2.75, 3.05) is 0 Å². The minimum atomic E-state index is -0.604. The number of carbonyl (C=O) groups excluding carboxylic acids is 2. The summed E-state index contributed by atoms with van der Waals surface area (Å²) < 4.78 is 0. The van der Waals surface area contributed by atoms with Crippen molar-refractivity contribution in [3.05, 3.63) is 71.8 Å². The molecule has 0 aromatic heterocycles. The number of Topliss-reactive ketones (excluding diaryl/α,β-unsaturated/α-hetero) is 1. The van der Waals surface area contributed by atoms with Crippen LogP contribution in [0.5, 0.6) is 0 Å². The second kappa shape index (κ2) is 5.99. The number of piperidine rings is 1. The number of likely N-dealkylation sites (tertiary alicyclic amines) is 1. The molecule has 0 saturated carbocycles. The molecule has 0 aliphatic carbocycles. The fraction of sp³-hybridized carbons (Fsp3) is 0.300. The molecule has 2 atom stereocenters. The first-order valence-electron chi connectivity index (χ1n) is 7.91. The molecule has 3 heteroatoms. The molecular weight excluding hydrogens is 286 g/mol. The van der Waals surface area contributed by atoms with Crippen molar-refractivity contribution in [2.24, 2.45) is 5.41 Å². The van der Waals surface area contributed by atoms with Gasteiger partial charge in [-0.3, -0.25) is 9.59 Å². The van der Waals surface area contributed by atoms with Crippen LogP contribution in [0.4, 0.5) is 0 Å². The van der Waals surface area contributed by atoms with Crippen LogP contribution in [0, 0.1) is 5.41 Å². The Morgan fingerprint density at radius 2 is 1.48 bits per heavy atom. The summed E-state index contributed by atoms with van der Waals surface area (Å²) >= 11 is 0. The SMILES string of the molecule is CC1(C)C(=O)C[C@@H](c2ccccc2)N(C=O)[C@H]1c1ccccc1. The molecule has 2 aromatic rings. The van der Waals surface area contributed by atoms with Crippen LogP contribution in [0.25, 0.3) is 0 Å². The van der Waals surface area contributed by atoms with Crippen molar-refractivity contribution in [3.8, 4) is 0 Å². The van der Waals surface area contributed by atoms with Gasteiger partial charge < -0.3 is 4.90 Å². The highest BCUT2D eigenvalue weighted by molar-refractivity contribution is 5.87. The van der Waals surface area contributed by atoms with E-state index in [2.05, 4.69) is 0 Å². The van der Waals surface area contributed by atoms with E-state index < -0.39 is 5.41 Å². The summed E-state index contributed by atoms with van der Waals surface area (Å²) in [5.74, 6) is 0.193. The van der Waals surface area contributed by atoms with E-state index in [4.69, 9.17) is 0 Å². The lowest BCUT2D eigenvalue weighted by atomic mass is 9.70. The fourth-order valence-corrected chi connectivity index (χ4v) is 3.57. The van der Waals surface area contributed by atoms with Crippen molar-refractivity contribution >= 4 is 12.2 Å². The maximum Gasteiger partial charge on any atom is 0.210 e. The Morgan fingerprint density at radius 3 is 2.00 bits per heavy atom. The van der Waals surface area contributed by atoms with Gasteiger partial charge in [0.15, 0.2) is 0 Å². The maximum absolute atomic E-state index is 12.8. The summed E-state index contributed by atoms with van der Waals surface area (Å²) in [7, 11) is 0. The Labute approximate surface area is 136 Å². The molecule has 0 N–H and O–H groups in total. The van der Waals surface area contributed by atoms with Crippen LogP contribution < -0.4 is 0 Å². The molecule has 2 aromatic carbocycles. The van der Waals surface area contributed by atoms with E-state index in [1.54, 1.807) is 0 Å².